The molecule has 3 unspecified atom stereocenters. The second-order valence-electron chi connectivity index (χ2n) is 4.38. The molecule has 90 valence electrons. The van der Waals surface area contributed by atoms with Gasteiger partial charge in [-0.05, 0) is 12.0 Å². The van der Waals surface area contributed by atoms with Crippen LogP contribution in [0.3, 0.4) is 0 Å². The van der Waals surface area contributed by atoms with Crippen molar-refractivity contribution in [2.24, 2.45) is 5.92 Å². The molecule has 2 rings (SSSR count). The maximum absolute atomic E-state index is 9.93. The van der Waals surface area contributed by atoms with Gasteiger partial charge in [-0.1, -0.05) is 30.3 Å². The first-order chi connectivity index (χ1) is 8.22. The molecule has 0 aliphatic carbocycles. The van der Waals surface area contributed by atoms with E-state index in [1.807, 2.05) is 36.4 Å². The van der Waals surface area contributed by atoms with Crippen molar-refractivity contribution in [2.75, 3.05) is 6.54 Å². The highest BCUT2D eigenvalue weighted by atomic mass is 16.3. The zero-order chi connectivity index (χ0) is 12.3. The second kappa shape index (κ2) is 5.28. The minimum Gasteiger partial charge on any atom is -0.388 e. The molecule has 0 bridgehead atoms. The maximum atomic E-state index is 9.93. The molecule has 0 saturated carbocycles. The minimum atomic E-state index is -0.975. The van der Waals surface area contributed by atoms with Crippen LogP contribution in [-0.4, -0.2) is 34.0 Å². The number of aliphatic hydroxyl groups is 2. The molecule has 1 aromatic carbocycles. The smallest absolute Gasteiger partial charge is 0.135 e. The van der Waals surface area contributed by atoms with Gasteiger partial charge in [0, 0.05) is 13.1 Å². The summed E-state index contributed by atoms with van der Waals surface area (Å²) in [7, 11) is 0. The molecular weight excluding hydrogens is 216 g/mol. The van der Waals surface area contributed by atoms with Crippen molar-refractivity contribution in [2.45, 2.75) is 25.3 Å². The lowest BCUT2D eigenvalue weighted by Crippen LogP contribution is -2.51. The average Bonchev–Trinajstić information content (AvgIpc) is 2.37. The Hall–Kier alpha value is -1.41. The van der Waals surface area contributed by atoms with E-state index in [1.165, 1.54) is 0 Å². The highest BCUT2D eigenvalue weighted by Crippen LogP contribution is 2.23. The molecule has 1 heterocycles. The van der Waals surface area contributed by atoms with Crippen molar-refractivity contribution in [1.29, 1.82) is 5.26 Å². The lowest BCUT2D eigenvalue weighted by molar-refractivity contribution is -0.126. The molecule has 4 nitrogen and oxygen atoms in total. The van der Waals surface area contributed by atoms with Crippen LogP contribution in [-0.2, 0) is 6.54 Å². The predicted octanol–water partition coefficient (Wildman–Crippen LogP) is 0.711. The molecule has 1 aromatic rings. The summed E-state index contributed by atoms with van der Waals surface area (Å²) in [6.45, 7) is 1.22. The normalized spacial score (nSPS) is 29.8. The van der Waals surface area contributed by atoms with Crippen LogP contribution in [0, 0.1) is 17.2 Å². The first kappa shape index (κ1) is 12.1. The number of hydrogen-bond donors (Lipinski definition) is 2. The van der Waals surface area contributed by atoms with Gasteiger partial charge >= 0.3 is 0 Å². The number of aliphatic hydroxyl groups excluding tert-OH is 2. The molecule has 0 radical (unpaired) electrons. The first-order valence-corrected chi connectivity index (χ1v) is 5.76. The van der Waals surface area contributed by atoms with E-state index in [0.717, 1.165) is 5.56 Å². The summed E-state index contributed by atoms with van der Waals surface area (Å²) in [6, 6.07) is 11.8. The maximum Gasteiger partial charge on any atom is 0.135 e. The zero-order valence-corrected chi connectivity index (χ0v) is 9.53. The Labute approximate surface area is 101 Å². The van der Waals surface area contributed by atoms with Crippen molar-refractivity contribution in [3.8, 4) is 6.07 Å². The van der Waals surface area contributed by atoms with Gasteiger partial charge in [0.05, 0.1) is 12.0 Å². The Kier molecular flexibility index (Phi) is 3.75. The van der Waals surface area contributed by atoms with Crippen molar-refractivity contribution in [3.63, 3.8) is 0 Å². The fourth-order valence-corrected chi connectivity index (χ4v) is 2.16. The highest BCUT2D eigenvalue weighted by molar-refractivity contribution is 5.14. The van der Waals surface area contributed by atoms with Crippen LogP contribution in [0.5, 0.6) is 0 Å². The van der Waals surface area contributed by atoms with Crippen molar-refractivity contribution in [1.82, 2.24) is 4.90 Å². The van der Waals surface area contributed by atoms with Gasteiger partial charge in [0.1, 0.15) is 12.3 Å². The van der Waals surface area contributed by atoms with Gasteiger partial charge in [-0.3, -0.25) is 4.90 Å². The molecule has 0 spiro atoms. The fourth-order valence-electron chi connectivity index (χ4n) is 2.16. The average molecular weight is 232 g/mol. The summed E-state index contributed by atoms with van der Waals surface area (Å²) in [5.74, 6) is -0.461. The molecule has 2 N–H and O–H groups in total. The summed E-state index contributed by atoms with van der Waals surface area (Å²) < 4.78 is 0. The number of rotatable bonds is 2. The second-order valence-corrected chi connectivity index (χ2v) is 4.38. The van der Waals surface area contributed by atoms with Crippen LogP contribution >= 0.6 is 0 Å². The van der Waals surface area contributed by atoms with E-state index >= 15 is 0 Å². The molecule has 17 heavy (non-hydrogen) atoms. The van der Waals surface area contributed by atoms with E-state index < -0.39 is 18.2 Å². The van der Waals surface area contributed by atoms with Gasteiger partial charge in [0.15, 0.2) is 0 Å². The van der Waals surface area contributed by atoms with Crippen LogP contribution in [0.1, 0.15) is 12.0 Å². The number of hydrogen-bond acceptors (Lipinski definition) is 4. The molecule has 1 aliphatic rings. The van der Waals surface area contributed by atoms with Gasteiger partial charge in [-0.25, -0.2) is 0 Å². The van der Waals surface area contributed by atoms with E-state index in [-0.39, 0.29) is 0 Å². The summed E-state index contributed by atoms with van der Waals surface area (Å²) in [6.07, 6.45) is -1.33. The Balaban J connectivity index is 2.02. The van der Waals surface area contributed by atoms with Crippen LogP contribution in [0.25, 0.3) is 0 Å². The molecule has 0 amide bonds. The van der Waals surface area contributed by atoms with Crippen molar-refractivity contribution in [3.05, 3.63) is 35.9 Å². The van der Waals surface area contributed by atoms with Gasteiger partial charge < -0.3 is 10.2 Å². The summed E-state index contributed by atoms with van der Waals surface area (Å²) in [5.41, 5.74) is 1.09. The summed E-state index contributed by atoms with van der Waals surface area (Å²) >= 11 is 0. The standard InChI is InChI=1S/C13H16N2O2/c14-8-11-6-7-15(13(17)12(11)16)9-10-4-2-1-3-5-10/h1-5,11-13,16-17H,6-7,9H2. The number of likely N-dealkylation sites (tertiary alicyclic amines) is 1. The third kappa shape index (κ3) is 2.64. The number of nitrogens with zero attached hydrogens (tertiary/aromatic N) is 2. The lowest BCUT2D eigenvalue weighted by atomic mass is 9.93. The van der Waals surface area contributed by atoms with Gasteiger partial charge in [-0.15, -0.1) is 0 Å². The van der Waals surface area contributed by atoms with E-state index in [1.54, 1.807) is 4.90 Å². The van der Waals surface area contributed by atoms with E-state index in [9.17, 15) is 10.2 Å². The number of piperidine rings is 1. The quantitative estimate of drug-likeness (QED) is 0.788. The van der Waals surface area contributed by atoms with Gasteiger partial charge in [0.2, 0.25) is 0 Å². The zero-order valence-electron chi connectivity index (χ0n) is 9.53. The van der Waals surface area contributed by atoms with E-state index in [0.29, 0.717) is 19.5 Å². The number of nitriles is 1. The Morgan fingerprint density at radius 3 is 2.65 bits per heavy atom. The van der Waals surface area contributed by atoms with E-state index in [4.69, 9.17) is 5.26 Å². The third-order valence-corrected chi connectivity index (χ3v) is 3.21. The molecule has 1 saturated heterocycles. The summed E-state index contributed by atoms with van der Waals surface area (Å²) in [4.78, 5) is 1.80. The molecule has 1 aliphatic heterocycles. The fraction of sp³-hybridized carbons (Fsp3) is 0.462. The van der Waals surface area contributed by atoms with Gasteiger partial charge in [0.25, 0.3) is 0 Å². The van der Waals surface area contributed by atoms with Gasteiger partial charge in [-0.2, -0.15) is 5.26 Å². The highest BCUT2D eigenvalue weighted by Gasteiger charge is 2.35. The molecule has 0 aromatic heterocycles. The monoisotopic (exact) mass is 232 g/mol. The minimum absolute atomic E-state index is 0.461. The van der Waals surface area contributed by atoms with Crippen molar-refractivity contribution < 1.29 is 10.2 Å². The molecule has 3 atom stereocenters. The first-order valence-electron chi connectivity index (χ1n) is 5.76. The Morgan fingerprint density at radius 1 is 1.29 bits per heavy atom. The topological polar surface area (TPSA) is 67.5 Å². The Bertz CT molecular complexity index is 402. The molecule has 1 fully saturated rings. The molecular formula is C13H16N2O2. The summed E-state index contributed by atoms with van der Waals surface area (Å²) in [5, 5.41) is 28.5. The third-order valence-electron chi connectivity index (χ3n) is 3.21. The van der Waals surface area contributed by atoms with Crippen LogP contribution < -0.4 is 0 Å². The van der Waals surface area contributed by atoms with Crippen LogP contribution in [0.2, 0.25) is 0 Å². The Morgan fingerprint density at radius 2 is 2.00 bits per heavy atom. The predicted molar refractivity (Wildman–Crippen MR) is 62.6 cm³/mol. The largest absolute Gasteiger partial charge is 0.388 e. The van der Waals surface area contributed by atoms with Crippen LogP contribution in [0.4, 0.5) is 0 Å². The number of benzene rings is 1. The van der Waals surface area contributed by atoms with E-state index in [2.05, 4.69) is 0 Å². The SMILES string of the molecule is N#CC1CCN(Cc2ccccc2)C(O)C1O. The molecule has 4 heteroatoms. The lowest BCUT2D eigenvalue weighted by Gasteiger charge is -2.37. The van der Waals surface area contributed by atoms with Crippen molar-refractivity contribution >= 4 is 0 Å². The van der Waals surface area contributed by atoms with Crippen LogP contribution in [0.15, 0.2) is 30.3 Å².